The molecule has 0 unspecified atom stereocenters. The van der Waals surface area contributed by atoms with E-state index in [4.69, 9.17) is 9.97 Å². The fourth-order valence-electron chi connectivity index (χ4n) is 7.47. The lowest BCUT2D eigenvalue weighted by molar-refractivity contribution is 1.37. The first kappa shape index (κ1) is 28.3. The Kier molecular flexibility index (Phi) is 6.49. The van der Waals surface area contributed by atoms with Gasteiger partial charge in [-0.05, 0) is 68.1 Å². The van der Waals surface area contributed by atoms with Crippen molar-refractivity contribution in [2.45, 2.75) is 0 Å². The van der Waals surface area contributed by atoms with Gasteiger partial charge in [0.25, 0.3) is 0 Å². The van der Waals surface area contributed by atoms with E-state index in [1.165, 1.54) is 43.6 Å². The van der Waals surface area contributed by atoms with Gasteiger partial charge in [-0.15, -0.1) is 0 Å². The molecule has 0 atom stereocenters. The van der Waals surface area contributed by atoms with Gasteiger partial charge in [0.15, 0.2) is 0 Å². The molecule has 10 rings (SSSR count). The lowest BCUT2D eigenvalue weighted by Gasteiger charge is -2.14. The number of hydrogen-bond donors (Lipinski definition) is 0. The van der Waals surface area contributed by atoms with Gasteiger partial charge in [-0.1, -0.05) is 146 Å². The van der Waals surface area contributed by atoms with E-state index in [0.29, 0.717) is 0 Å². The number of rotatable bonds is 4. The summed E-state index contributed by atoms with van der Waals surface area (Å²) < 4.78 is 0. The Morgan fingerprint density at radius 2 is 0.960 bits per heavy atom. The molecule has 3 heterocycles. The second-order valence-corrected chi connectivity index (χ2v) is 12.8. The van der Waals surface area contributed by atoms with Crippen LogP contribution in [0.25, 0.3) is 99.0 Å². The number of hydrogen-bond acceptors (Lipinski definition) is 3. The predicted molar refractivity (Wildman–Crippen MR) is 209 cm³/mol. The molecule has 10 aromatic rings. The Bertz CT molecular complexity index is 2910. The maximum absolute atomic E-state index is 5.21. The van der Waals surface area contributed by atoms with E-state index in [9.17, 15) is 0 Å². The fraction of sp³-hybridized carbons (Fsp3) is 0. The monoisotopic (exact) mass is 635 g/mol. The fourth-order valence-corrected chi connectivity index (χ4v) is 7.47. The average molecular weight is 636 g/mol. The zero-order valence-electron chi connectivity index (χ0n) is 27.1. The van der Waals surface area contributed by atoms with Crippen LogP contribution in [0.2, 0.25) is 0 Å². The molecule has 0 N–H and O–H groups in total. The molecule has 3 heteroatoms. The first-order valence-electron chi connectivity index (χ1n) is 16.9. The molecule has 0 saturated heterocycles. The smallest absolute Gasteiger partial charge is 0.0972 e. The van der Waals surface area contributed by atoms with Crippen molar-refractivity contribution in [2.24, 2.45) is 0 Å². The summed E-state index contributed by atoms with van der Waals surface area (Å²) in [5.74, 6) is 0. The Hall–Kier alpha value is -6.71. The first-order valence-corrected chi connectivity index (χ1v) is 16.9. The van der Waals surface area contributed by atoms with E-state index >= 15 is 0 Å². The van der Waals surface area contributed by atoms with Crippen LogP contribution in [0.3, 0.4) is 0 Å². The van der Waals surface area contributed by atoms with Gasteiger partial charge in [0.05, 0.1) is 27.9 Å². The zero-order chi connectivity index (χ0) is 33.0. The molecule has 0 spiro atoms. The first-order chi connectivity index (χ1) is 24.8. The number of aromatic nitrogens is 3. The third kappa shape index (κ3) is 4.63. The van der Waals surface area contributed by atoms with E-state index < -0.39 is 0 Å². The summed E-state index contributed by atoms with van der Waals surface area (Å²) in [5.41, 5.74) is 11.7. The molecule has 0 radical (unpaired) electrons. The SMILES string of the molecule is c1ccc(-c2cc(-c3ccc(-c4ccc(-c5ccc6ccc7cccnc7c6n5)c5ccccc45)cc3)nc3ccc4ccccc4c23)cc1. The lowest BCUT2D eigenvalue weighted by Crippen LogP contribution is -1.92. The van der Waals surface area contributed by atoms with Crippen LogP contribution in [0.15, 0.2) is 176 Å². The van der Waals surface area contributed by atoms with Crippen LogP contribution in [0.5, 0.6) is 0 Å². The van der Waals surface area contributed by atoms with Gasteiger partial charge >= 0.3 is 0 Å². The van der Waals surface area contributed by atoms with Crippen LogP contribution < -0.4 is 0 Å². The van der Waals surface area contributed by atoms with E-state index in [-0.39, 0.29) is 0 Å². The van der Waals surface area contributed by atoms with Crippen LogP contribution in [0, 0.1) is 0 Å². The van der Waals surface area contributed by atoms with Gasteiger partial charge in [0, 0.05) is 33.5 Å². The van der Waals surface area contributed by atoms with Crippen LogP contribution >= 0.6 is 0 Å². The molecule has 0 saturated carbocycles. The third-order valence-corrected chi connectivity index (χ3v) is 9.91. The molecule has 0 aliphatic carbocycles. The normalized spacial score (nSPS) is 11.6. The topological polar surface area (TPSA) is 38.7 Å². The predicted octanol–water partition coefficient (Wildman–Crippen LogP) is 12.3. The Morgan fingerprint density at radius 3 is 1.80 bits per heavy atom. The third-order valence-electron chi connectivity index (χ3n) is 9.91. The molecule has 0 amide bonds. The van der Waals surface area contributed by atoms with Crippen molar-refractivity contribution in [1.82, 2.24) is 15.0 Å². The molecule has 50 heavy (non-hydrogen) atoms. The minimum atomic E-state index is 0.926. The number of fused-ring (bicyclic) bond motifs is 7. The minimum Gasteiger partial charge on any atom is -0.254 e. The lowest BCUT2D eigenvalue weighted by atomic mass is 9.92. The molecule has 3 nitrogen and oxygen atoms in total. The van der Waals surface area contributed by atoms with Crippen molar-refractivity contribution in [3.05, 3.63) is 176 Å². The average Bonchev–Trinajstić information content (AvgIpc) is 3.20. The molecule has 7 aromatic carbocycles. The van der Waals surface area contributed by atoms with Crippen molar-refractivity contribution >= 4 is 54.3 Å². The van der Waals surface area contributed by atoms with E-state index in [2.05, 4.69) is 169 Å². The highest BCUT2D eigenvalue weighted by molar-refractivity contribution is 6.14. The van der Waals surface area contributed by atoms with Crippen molar-refractivity contribution in [2.75, 3.05) is 0 Å². The molecular formula is C47H29N3. The van der Waals surface area contributed by atoms with E-state index in [0.717, 1.165) is 55.4 Å². The van der Waals surface area contributed by atoms with Crippen molar-refractivity contribution in [3.8, 4) is 44.8 Å². The molecule has 0 bridgehead atoms. The van der Waals surface area contributed by atoms with E-state index in [1.54, 1.807) is 0 Å². The molecule has 3 aromatic heterocycles. The molecule has 0 aliphatic rings. The summed E-state index contributed by atoms with van der Waals surface area (Å²) in [7, 11) is 0. The molecule has 232 valence electrons. The Balaban J connectivity index is 1.08. The molecular weight excluding hydrogens is 607 g/mol. The van der Waals surface area contributed by atoms with Crippen LogP contribution in [-0.4, -0.2) is 15.0 Å². The second kappa shape index (κ2) is 11.5. The van der Waals surface area contributed by atoms with Gasteiger partial charge in [-0.3, -0.25) is 4.98 Å². The molecule has 0 aliphatic heterocycles. The van der Waals surface area contributed by atoms with Gasteiger partial charge < -0.3 is 0 Å². The summed E-state index contributed by atoms with van der Waals surface area (Å²) in [5, 5.41) is 8.17. The quantitative estimate of drug-likeness (QED) is 0.181. The van der Waals surface area contributed by atoms with Crippen molar-refractivity contribution in [1.29, 1.82) is 0 Å². The van der Waals surface area contributed by atoms with Gasteiger partial charge in [0.2, 0.25) is 0 Å². The number of pyridine rings is 3. The second-order valence-electron chi connectivity index (χ2n) is 12.8. The van der Waals surface area contributed by atoms with Crippen LogP contribution in [0.1, 0.15) is 0 Å². The highest BCUT2D eigenvalue weighted by Gasteiger charge is 2.15. The summed E-state index contributed by atoms with van der Waals surface area (Å²) >= 11 is 0. The standard InChI is InChI=1S/C47H29N3/c1-2-9-30(10-3-1)41-29-44(49-43-27-22-31-11-4-5-13-37(31)45(41)43)33-18-16-32(17-19-33)36-24-25-40(39-15-7-6-14-38(36)39)42-26-23-35-21-20-34-12-8-28-48-46(34)47(35)50-42/h1-29H. The number of nitrogens with zero attached hydrogens (tertiary/aromatic N) is 3. The van der Waals surface area contributed by atoms with Crippen molar-refractivity contribution < 1.29 is 0 Å². The summed E-state index contributed by atoms with van der Waals surface area (Å²) in [4.78, 5) is 15.0. The Labute approximate surface area is 289 Å². The minimum absolute atomic E-state index is 0.926. The maximum Gasteiger partial charge on any atom is 0.0972 e. The Morgan fingerprint density at radius 1 is 0.340 bits per heavy atom. The van der Waals surface area contributed by atoms with Gasteiger partial charge in [-0.2, -0.15) is 0 Å². The summed E-state index contributed by atoms with van der Waals surface area (Å²) in [6.45, 7) is 0. The summed E-state index contributed by atoms with van der Waals surface area (Å²) in [6.07, 6.45) is 1.84. The zero-order valence-corrected chi connectivity index (χ0v) is 27.1. The van der Waals surface area contributed by atoms with E-state index in [1.807, 2.05) is 12.3 Å². The highest BCUT2D eigenvalue weighted by Crippen LogP contribution is 2.39. The summed E-state index contributed by atoms with van der Waals surface area (Å²) in [6, 6.07) is 60.3. The molecule has 0 fully saturated rings. The largest absolute Gasteiger partial charge is 0.254 e. The van der Waals surface area contributed by atoms with Gasteiger partial charge in [-0.25, -0.2) is 9.97 Å². The van der Waals surface area contributed by atoms with Crippen molar-refractivity contribution in [3.63, 3.8) is 0 Å². The van der Waals surface area contributed by atoms with Crippen LogP contribution in [-0.2, 0) is 0 Å². The number of benzene rings is 7. The van der Waals surface area contributed by atoms with Gasteiger partial charge in [0.1, 0.15) is 0 Å². The highest BCUT2D eigenvalue weighted by atomic mass is 14.8. The van der Waals surface area contributed by atoms with Crippen LogP contribution in [0.4, 0.5) is 0 Å². The maximum atomic E-state index is 5.21.